The largest absolute Gasteiger partial charge is 0.486 e. The number of hydrogen-bond acceptors (Lipinski definition) is 4. The molecule has 1 aromatic rings. The van der Waals surface area contributed by atoms with E-state index >= 15 is 0 Å². The summed E-state index contributed by atoms with van der Waals surface area (Å²) in [5.74, 6) is 1.11. The van der Waals surface area contributed by atoms with Crippen molar-refractivity contribution in [2.45, 2.75) is 37.3 Å². The van der Waals surface area contributed by atoms with Gasteiger partial charge in [-0.2, -0.15) is 0 Å². The predicted octanol–water partition coefficient (Wildman–Crippen LogP) is 1.46. The number of para-hydroxylation sites is 1. The van der Waals surface area contributed by atoms with Crippen LogP contribution in [0.5, 0.6) is 5.75 Å². The average Bonchev–Trinajstić information content (AvgIpc) is 2.74. The van der Waals surface area contributed by atoms with Crippen molar-refractivity contribution in [1.29, 1.82) is 0 Å². The second kappa shape index (κ2) is 5.59. The molecule has 21 heavy (non-hydrogen) atoms. The van der Waals surface area contributed by atoms with Gasteiger partial charge in [0.25, 0.3) is 0 Å². The summed E-state index contributed by atoms with van der Waals surface area (Å²) in [5, 5.41) is 0. The molecule has 2 aliphatic rings. The van der Waals surface area contributed by atoms with Crippen molar-refractivity contribution in [3.63, 3.8) is 0 Å². The Kier molecular flexibility index (Phi) is 3.94. The van der Waals surface area contributed by atoms with Crippen molar-refractivity contribution in [2.24, 2.45) is 5.92 Å². The highest BCUT2D eigenvalue weighted by Crippen LogP contribution is 2.30. The van der Waals surface area contributed by atoms with E-state index in [9.17, 15) is 8.42 Å². The molecular weight excluding hydrogens is 288 g/mol. The lowest BCUT2D eigenvalue weighted by atomic mass is 10.1. The highest BCUT2D eigenvalue weighted by molar-refractivity contribution is 7.89. The normalized spacial score (nSPS) is 27.8. The van der Waals surface area contributed by atoms with E-state index in [0.29, 0.717) is 18.2 Å². The molecule has 1 aromatic carbocycles. The van der Waals surface area contributed by atoms with Crippen LogP contribution in [-0.4, -0.2) is 45.1 Å². The summed E-state index contributed by atoms with van der Waals surface area (Å²) >= 11 is 0. The van der Waals surface area contributed by atoms with E-state index in [1.165, 1.54) is 0 Å². The number of hydrogen-bond donors (Lipinski definition) is 1. The first-order chi connectivity index (χ1) is 9.95. The van der Waals surface area contributed by atoms with Crippen LogP contribution in [0.4, 0.5) is 0 Å². The fraction of sp³-hybridized carbons (Fsp3) is 0.600. The van der Waals surface area contributed by atoms with Gasteiger partial charge in [0.2, 0.25) is 10.0 Å². The van der Waals surface area contributed by atoms with Gasteiger partial charge in [-0.15, -0.1) is 0 Å². The lowest BCUT2D eigenvalue weighted by Gasteiger charge is -2.17. The molecule has 0 spiro atoms. The first kappa shape index (κ1) is 14.8. The van der Waals surface area contributed by atoms with E-state index in [1.54, 1.807) is 24.3 Å². The monoisotopic (exact) mass is 310 g/mol. The third kappa shape index (κ3) is 3.07. The molecule has 0 bridgehead atoms. The maximum atomic E-state index is 12.4. The third-order valence-electron chi connectivity index (χ3n) is 4.09. The molecule has 1 saturated heterocycles. The Balaban J connectivity index is 1.80. The average molecular weight is 310 g/mol. The Morgan fingerprint density at radius 1 is 1.33 bits per heavy atom. The zero-order valence-corrected chi connectivity index (χ0v) is 13.3. The molecule has 1 N–H and O–H groups in total. The number of ether oxygens (including phenoxy) is 1. The van der Waals surface area contributed by atoms with E-state index < -0.39 is 10.0 Å². The number of nitrogens with one attached hydrogen (secondary N) is 1. The Hall–Kier alpha value is -1.11. The Bertz CT molecular complexity index is 615. The Labute approximate surface area is 126 Å². The number of benzene rings is 1. The summed E-state index contributed by atoms with van der Waals surface area (Å²) < 4.78 is 33.6. The van der Waals surface area contributed by atoms with Crippen LogP contribution in [0.3, 0.4) is 0 Å². The summed E-state index contributed by atoms with van der Waals surface area (Å²) in [6.45, 7) is 6.86. The Morgan fingerprint density at radius 3 is 2.86 bits per heavy atom. The van der Waals surface area contributed by atoms with Crippen molar-refractivity contribution < 1.29 is 13.2 Å². The third-order valence-corrected chi connectivity index (χ3v) is 5.62. The molecule has 1 fully saturated rings. The van der Waals surface area contributed by atoms with Gasteiger partial charge < -0.3 is 4.74 Å². The number of sulfonamides is 1. The van der Waals surface area contributed by atoms with Crippen molar-refractivity contribution in [2.75, 3.05) is 19.6 Å². The molecule has 2 heterocycles. The molecule has 5 nitrogen and oxygen atoms in total. The van der Waals surface area contributed by atoms with Crippen molar-refractivity contribution in [1.82, 2.24) is 9.62 Å². The van der Waals surface area contributed by atoms with Crippen LogP contribution in [-0.2, 0) is 10.0 Å². The van der Waals surface area contributed by atoms with E-state index in [2.05, 4.69) is 23.5 Å². The van der Waals surface area contributed by atoms with Crippen LogP contribution < -0.4 is 9.46 Å². The quantitative estimate of drug-likeness (QED) is 0.918. The highest BCUT2D eigenvalue weighted by atomic mass is 32.2. The van der Waals surface area contributed by atoms with Gasteiger partial charge in [0, 0.05) is 13.1 Å². The van der Waals surface area contributed by atoms with Crippen molar-refractivity contribution in [3.05, 3.63) is 24.3 Å². The van der Waals surface area contributed by atoms with Gasteiger partial charge in [-0.1, -0.05) is 26.0 Å². The predicted molar refractivity (Wildman–Crippen MR) is 80.9 cm³/mol. The fourth-order valence-corrected chi connectivity index (χ4v) is 4.29. The second-order valence-electron chi connectivity index (χ2n) is 6.27. The van der Waals surface area contributed by atoms with Crippen molar-refractivity contribution >= 4 is 10.0 Å². The molecule has 0 aliphatic carbocycles. The summed E-state index contributed by atoms with van der Waals surface area (Å²) in [7, 11) is -3.49. The van der Waals surface area contributed by atoms with E-state index in [1.807, 2.05) is 0 Å². The molecule has 2 atom stereocenters. The smallest absolute Gasteiger partial charge is 0.244 e. The molecule has 2 unspecified atom stereocenters. The zero-order valence-electron chi connectivity index (χ0n) is 12.5. The lowest BCUT2D eigenvalue weighted by molar-refractivity contribution is 0.184. The molecule has 0 amide bonds. The fourth-order valence-electron chi connectivity index (χ4n) is 2.90. The lowest BCUT2D eigenvalue weighted by Crippen LogP contribution is -2.42. The number of nitrogens with zero attached hydrogens (tertiary/aromatic N) is 1. The van der Waals surface area contributed by atoms with E-state index in [4.69, 9.17) is 4.74 Å². The molecule has 0 aromatic heterocycles. The maximum absolute atomic E-state index is 12.4. The molecule has 6 heteroatoms. The summed E-state index contributed by atoms with van der Waals surface area (Å²) in [6.07, 6.45) is 0.999. The maximum Gasteiger partial charge on any atom is 0.244 e. The minimum absolute atomic E-state index is 0.115. The summed E-state index contributed by atoms with van der Waals surface area (Å²) in [5.41, 5.74) is 0. The first-order valence-corrected chi connectivity index (χ1v) is 8.94. The molecule has 3 rings (SSSR count). The van der Waals surface area contributed by atoms with Gasteiger partial charge in [-0.3, -0.25) is 4.90 Å². The van der Waals surface area contributed by atoms with Crippen LogP contribution in [0, 0.1) is 5.92 Å². The molecule has 2 aliphatic heterocycles. The van der Waals surface area contributed by atoms with Crippen LogP contribution >= 0.6 is 0 Å². The molecule has 116 valence electrons. The van der Waals surface area contributed by atoms with Crippen LogP contribution in [0.15, 0.2) is 29.2 Å². The van der Waals surface area contributed by atoms with E-state index in [0.717, 1.165) is 19.5 Å². The number of rotatable bonds is 3. The first-order valence-electron chi connectivity index (χ1n) is 7.46. The standard InChI is InChI=1S/C15H22N2O3S/c1-11(2)7-8-17-9-12-14(10-17)20-13-5-3-4-6-15(13)21(18,19)16-12/h3-6,11-12,14,16H,7-10H2,1-2H3. The topological polar surface area (TPSA) is 58.6 Å². The molecule has 0 saturated carbocycles. The zero-order chi connectivity index (χ0) is 15.0. The number of fused-ring (bicyclic) bond motifs is 2. The van der Waals surface area contributed by atoms with Gasteiger partial charge in [0.15, 0.2) is 0 Å². The Morgan fingerprint density at radius 2 is 2.10 bits per heavy atom. The van der Waals surface area contributed by atoms with Crippen LogP contribution in [0.25, 0.3) is 0 Å². The SMILES string of the molecule is CC(C)CCN1CC2NS(=O)(=O)c3ccccc3OC2C1. The van der Waals surface area contributed by atoms with Gasteiger partial charge in [0.05, 0.1) is 6.04 Å². The van der Waals surface area contributed by atoms with Crippen molar-refractivity contribution in [3.8, 4) is 5.75 Å². The van der Waals surface area contributed by atoms with E-state index in [-0.39, 0.29) is 17.0 Å². The van der Waals surface area contributed by atoms with Crippen LogP contribution in [0.1, 0.15) is 20.3 Å². The van der Waals surface area contributed by atoms with Gasteiger partial charge >= 0.3 is 0 Å². The second-order valence-corrected chi connectivity index (χ2v) is 7.96. The van der Waals surface area contributed by atoms with Gasteiger partial charge in [0.1, 0.15) is 16.7 Å². The van der Waals surface area contributed by atoms with Gasteiger partial charge in [-0.25, -0.2) is 13.1 Å². The van der Waals surface area contributed by atoms with Crippen LogP contribution in [0.2, 0.25) is 0 Å². The molecular formula is C15H22N2O3S. The summed E-state index contributed by atoms with van der Waals surface area (Å²) in [4.78, 5) is 2.53. The highest BCUT2D eigenvalue weighted by Gasteiger charge is 2.40. The minimum atomic E-state index is -3.49. The minimum Gasteiger partial charge on any atom is -0.486 e. The number of likely N-dealkylation sites (tertiary alicyclic amines) is 1. The molecule has 0 radical (unpaired) electrons. The summed E-state index contributed by atoms with van der Waals surface area (Å²) in [6, 6.07) is 6.68. The van der Waals surface area contributed by atoms with Gasteiger partial charge in [-0.05, 0) is 31.0 Å².